The molecule has 0 spiro atoms. The van der Waals surface area contributed by atoms with Crippen LogP contribution in [0.3, 0.4) is 0 Å². The Balaban J connectivity index is 1.88. The summed E-state index contributed by atoms with van der Waals surface area (Å²) in [5.41, 5.74) is 7.21. The van der Waals surface area contributed by atoms with E-state index in [9.17, 15) is 0 Å². The molecular formula is C25H40. The molecule has 140 valence electrons. The van der Waals surface area contributed by atoms with Gasteiger partial charge in [0, 0.05) is 0 Å². The molecule has 0 heteroatoms. The largest absolute Gasteiger partial charge is 0.130 e. The number of rotatable bonds is 4. The lowest BCUT2D eigenvalue weighted by molar-refractivity contribution is -0.0610. The minimum absolute atomic E-state index is 0.411. The van der Waals surface area contributed by atoms with Crippen molar-refractivity contribution in [2.45, 2.75) is 86.0 Å². The van der Waals surface area contributed by atoms with Gasteiger partial charge in [-0.2, -0.15) is 0 Å². The van der Waals surface area contributed by atoms with E-state index in [1.165, 1.54) is 50.5 Å². The summed E-state index contributed by atoms with van der Waals surface area (Å²) in [6.07, 6.45) is 10.6. The zero-order chi connectivity index (χ0) is 18.4. The summed E-state index contributed by atoms with van der Waals surface area (Å²) in [5, 5.41) is 0. The average Bonchev–Trinajstić information content (AvgIpc) is 2.92. The molecular weight excluding hydrogens is 300 g/mol. The van der Waals surface area contributed by atoms with E-state index in [0.717, 1.165) is 36.0 Å². The SMILES string of the molecule is C=C=C(CC)CC1CC(=C)C2C(CCC3(C)C(CC)CCC23)C1(C)C. The first-order valence-corrected chi connectivity index (χ1v) is 10.8. The van der Waals surface area contributed by atoms with E-state index in [-0.39, 0.29) is 0 Å². The highest BCUT2D eigenvalue weighted by Crippen LogP contribution is 2.67. The van der Waals surface area contributed by atoms with Crippen LogP contribution in [0.25, 0.3) is 0 Å². The second-order valence-electron chi connectivity index (χ2n) is 10.2. The molecule has 3 rings (SSSR count). The summed E-state index contributed by atoms with van der Waals surface area (Å²) in [4.78, 5) is 0. The second-order valence-corrected chi connectivity index (χ2v) is 10.2. The third-order valence-corrected chi connectivity index (χ3v) is 9.12. The smallest absolute Gasteiger partial charge is 0.0139 e. The second kappa shape index (κ2) is 6.77. The summed E-state index contributed by atoms with van der Waals surface area (Å²) in [5.74, 6) is 4.17. The van der Waals surface area contributed by atoms with Gasteiger partial charge in [0.25, 0.3) is 0 Å². The maximum atomic E-state index is 4.67. The van der Waals surface area contributed by atoms with Crippen LogP contribution in [-0.4, -0.2) is 0 Å². The number of fused-ring (bicyclic) bond motifs is 3. The van der Waals surface area contributed by atoms with Crippen molar-refractivity contribution < 1.29 is 0 Å². The molecule has 6 atom stereocenters. The van der Waals surface area contributed by atoms with Crippen LogP contribution in [0.15, 0.2) is 30.0 Å². The zero-order valence-electron chi connectivity index (χ0n) is 17.5. The van der Waals surface area contributed by atoms with Crippen molar-refractivity contribution in [3.63, 3.8) is 0 Å². The number of hydrogen-bond donors (Lipinski definition) is 0. The van der Waals surface area contributed by atoms with Crippen molar-refractivity contribution in [3.8, 4) is 0 Å². The molecule has 0 N–H and O–H groups in total. The highest BCUT2D eigenvalue weighted by atomic mass is 14.6. The Morgan fingerprint density at radius 1 is 1.08 bits per heavy atom. The van der Waals surface area contributed by atoms with Crippen LogP contribution in [0.4, 0.5) is 0 Å². The molecule has 0 radical (unpaired) electrons. The van der Waals surface area contributed by atoms with Crippen molar-refractivity contribution in [2.24, 2.45) is 40.4 Å². The van der Waals surface area contributed by atoms with Gasteiger partial charge in [-0.25, -0.2) is 0 Å². The van der Waals surface area contributed by atoms with Crippen molar-refractivity contribution in [1.29, 1.82) is 0 Å². The molecule has 0 saturated heterocycles. The highest BCUT2D eigenvalue weighted by Gasteiger charge is 2.58. The fourth-order valence-electron chi connectivity index (χ4n) is 7.32. The van der Waals surface area contributed by atoms with E-state index in [2.05, 4.69) is 53.5 Å². The van der Waals surface area contributed by atoms with Crippen LogP contribution in [0.5, 0.6) is 0 Å². The van der Waals surface area contributed by atoms with Crippen LogP contribution in [-0.2, 0) is 0 Å². The normalized spacial score (nSPS) is 42.4. The van der Waals surface area contributed by atoms with Gasteiger partial charge in [0.1, 0.15) is 0 Å². The maximum Gasteiger partial charge on any atom is -0.0139 e. The van der Waals surface area contributed by atoms with E-state index >= 15 is 0 Å². The monoisotopic (exact) mass is 340 g/mol. The number of hydrogen-bond acceptors (Lipinski definition) is 0. The van der Waals surface area contributed by atoms with Gasteiger partial charge in [-0.15, -0.1) is 5.73 Å². The predicted octanol–water partition coefficient (Wildman–Crippen LogP) is 7.57. The summed E-state index contributed by atoms with van der Waals surface area (Å²) in [6, 6.07) is 0. The predicted molar refractivity (Wildman–Crippen MR) is 109 cm³/mol. The Labute approximate surface area is 156 Å². The minimum atomic E-state index is 0.411. The molecule has 3 fully saturated rings. The van der Waals surface area contributed by atoms with Gasteiger partial charge in [0.05, 0.1) is 0 Å². The molecule has 0 aliphatic heterocycles. The van der Waals surface area contributed by atoms with Gasteiger partial charge in [-0.05, 0) is 90.9 Å². The van der Waals surface area contributed by atoms with Gasteiger partial charge in [-0.1, -0.05) is 59.8 Å². The fourth-order valence-corrected chi connectivity index (χ4v) is 7.32. The molecule has 0 bridgehead atoms. The molecule has 0 amide bonds. The molecule has 25 heavy (non-hydrogen) atoms. The van der Waals surface area contributed by atoms with E-state index in [1.807, 2.05) is 0 Å². The van der Waals surface area contributed by atoms with E-state index in [4.69, 9.17) is 0 Å². The van der Waals surface area contributed by atoms with E-state index < -0.39 is 0 Å². The molecule has 0 aromatic rings. The Kier molecular flexibility index (Phi) is 5.15. The summed E-state index contributed by atoms with van der Waals surface area (Å²) in [7, 11) is 0. The molecule has 0 aromatic carbocycles. The molecule has 3 saturated carbocycles. The Morgan fingerprint density at radius 2 is 1.80 bits per heavy atom. The van der Waals surface area contributed by atoms with Gasteiger partial charge in [0.15, 0.2) is 0 Å². The van der Waals surface area contributed by atoms with Crippen LogP contribution >= 0.6 is 0 Å². The van der Waals surface area contributed by atoms with Crippen LogP contribution in [0.2, 0.25) is 0 Å². The third-order valence-electron chi connectivity index (χ3n) is 9.12. The van der Waals surface area contributed by atoms with Crippen molar-refractivity contribution >= 4 is 0 Å². The first kappa shape index (κ1) is 19.0. The first-order valence-electron chi connectivity index (χ1n) is 10.8. The van der Waals surface area contributed by atoms with E-state index in [0.29, 0.717) is 10.8 Å². The summed E-state index contributed by atoms with van der Waals surface area (Å²) >= 11 is 0. The van der Waals surface area contributed by atoms with Crippen LogP contribution in [0.1, 0.15) is 86.0 Å². The van der Waals surface area contributed by atoms with Crippen LogP contribution < -0.4 is 0 Å². The molecule has 6 unspecified atom stereocenters. The lowest BCUT2D eigenvalue weighted by Crippen LogP contribution is -2.51. The fraction of sp³-hybridized carbons (Fsp3) is 0.800. The zero-order valence-corrected chi connectivity index (χ0v) is 17.5. The quantitative estimate of drug-likeness (QED) is 0.365. The molecule has 3 aliphatic rings. The summed E-state index contributed by atoms with van der Waals surface area (Å²) in [6.45, 7) is 21.0. The van der Waals surface area contributed by atoms with E-state index in [1.54, 1.807) is 5.57 Å². The van der Waals surface area contributed by atoms with Crippen LogP contribution in [0, 0.1) is 40.4 Å². The van der Waals surface area contributed by atoms with Crippen molar-refractivity contribution in [1.82, 2.24) is 0 Å². The Bertz CT molecular complexity index is 573. The van der Waals surface area contributed by atoms with Crippen molar-refractivity contribution in [2.75, 3.05) is 0 Å². The number of allylic oxidation sites excluding steroid dienone is 2. The third kappa shape index (κ3) is 2.90. The lowest BCUT2D eigenvalue weighted by atomic mass is 9.46. The molecule has 0 aromatic heterocycles. The molecule has 0 nitrogen and oxygen atoms in total. The standard InChI is InChI=1S/C25H40/c1-8-18(9-2)16-20-15-17(4)23-21(24(20,5)6)13-14-25(7)19(10-3)11-12-22(23)25/h19-23H,1,4,9-16H2,2-3,5-7H3. The Morgan fingerprint density at radius 3 is 2.40 bits per heavy atom. The van der Waals surface area contributed by atoms with Gasteiger partial charge in [-0.3, -0.25) is 0 Å². The summed E-state index contributed by atoms with van der Waals surface area (Å²) < 4.78 is 0. The molecule has 3 aliphatic carbocycles. The van der Waals surface area contributed by atoms with Gasteiger partial charge in [0.2, 0.25) is 0 Å². The maximum absolute atomic E-state index is 4.67. The average molecular weight is 341 g/mol. The molecule has 0 heterocycles. The lowest BCUT2D eigenvalue weighted by Gasteiger charge is -2.59. The minimum Gasteiger partial charge on any atom is -0.130 e. The van der Waals surface area contributed by atoms with Crippen molar-refractivity contribution in [3.05, 3.63) is 30.0 Å². The topological polar surface area (TPSA) is 0 Å². The van der Waals surface area contributed by atoms with Gasteiger partial charge >= 0.3 is 0 Å². The first-order chi connectivity index (χ1) is 11.8. The van der Waals surface area contributed by atoms with Gasteiger partial charge < -0.3 is 0 Å². The highest BCUT2D eigenvalue weighted by molar-refractivity contribution is 5.21. The Hall–Kier alpha value is -0.740.